The number of likely N-dealkylation sites (N-methyl/N-ethyl adjacent to an activating group) is 1. The van der Waals surface area contributed by atoms with E-state index in [1.54, 1.807) is 0 Å². The second kappa shape index (κ2) is 9.33. The molecule has 1 saturated heterocycles. The van der Waals surface area contributed by atoms with Gasteiger partial charge in [-0.05, 0) is 52.0 Å². The summed E-state index contributed by atoms with van der Waals surface area (Å²) in [5.74, 6) is 0.0176. The van der Waals surface area contributed by atoms with E-state index < -0.39 is 0 Å². The van der Waals surface area contributed by atoms with Gasteiger partial charge in [0.15, 0.2) is 0 Å². The first-order chi connectivity index (χ1) is 12.2. The molecule has 0 unspecified atom stereocenters. The van der Waals surface area contributed by atoms with Gasteiger partial charge >= 0.3 is 5.97 Å². The molecule has 25 heavy (non-hydrogen) atoms. The monoisotopic (exact) mass is 353 g/mol. The molecule has 2 atom stereocenters. The van der Waals surface area contributed by atoms with Crippen LogP contribution < -0.4 is 0 Å². The predicted molar refractivity (Wildman–Crippen MR) is 96.5 cm³/mol. The third-order valence-electron chi connectivity index (χ3n) is 6.32. The highest BCUT2D eigenvalue weighted by Crippen LogP contribution is 2.29. The summed E-state index contributed by atoms with van der Waals surface area (Å²) in [7, 11) is 3.67. The highest BCUT2D eigenvalue weighted by molar-refractivity contribution is 5.72. The maximum absolute atomic E-state index is 11.6. The molecular weight excluding hydrogens is 318 g/mol. The van der Waals surface area contributed by atoms with Crippen LogP contribution in [-0.4, -0.2) is 62.5 Å². The van der Waals surface area contributed by atoms with Gasteiger partial charge in [-0.25, -0.2) is 0 Å². The molecule has 0 aromatic rings. The van der Waals surface area contributed by atoms with E-state index in [1.807, 2.05) is 0 Å². The molecule has 2 aliphatic carbocycles. The highest BCUT2D eigenvalue weighted by Gasteiger charge is 2.33. The van der Waals surface area contributed by atoms with Crippen LogP contribution in [0.25, 0.3) is 0 Å². The summed E-state index contributed by atoms with van der Waals surface area (Å²) in [5, 5.41) is 0. The average Bonchev–Trinajstić information content (AvgIpc) is 2.99. The number of nitrogens with zero attached hydrogens (tertiary/aromatic N) is 1. The maximum Gasteiger partial charge on any atom is 0.308 e. The number of likely N-dealkylation sites (tertiary alicyclic amines) is 1. The van der Waals surface area contributed by atoms with Crippen molar-refractivity contribution in [2.24, 2.45) is 5.92 Å². The van der Waals surface area contributed by atoms with Crippen LogP contribution in [-0.2, 0) is 19.0 Å². The minimum Gasteiger partial charge on any atom is -0.469 e. The van der Waals surface area contributed by atoms with Crippen molar-refractivity contribution in [3.8, 4) is 0 Å². The average molecular weight is 354 g/mol. The molecule has 144 valence electrons. The van der Waals surface area contributed by atoms with Crippen LogP contribution in [0.1, 0.15) is 64.2 Å². The smallest absolute Gasteiger partial charge is 0.308 e. The molecule has 5 heteroatoms. The Morgan fingerprint density at radius 1 is 0.960 bits per heavy atom. The summed E-state index contributed by atoms with van der Waals surface area (Å²) < 4.78 is 17.4. The van der Waals surface area contributed by atoms with E-state index in [4.69, 9.17) is 14.2 Å². The van der Waals surface area contributed by atoms with Gasteiger partial charge in [-0.2, -0.15) is 0 Å². The zero-order valence-electron chi connectivity index (χ0n) is 16.0. The third-order valence-corrected chi connectivity index (χ3v) is 6.32. The van der Waals surface area contributed by atoms with E-state index in [9.17, 15) is 4.79 Å². The Morgan fingerprint density at radius 2 is 1.68 bits per heavy atom. The standard InChI is InChI=1S/C20H35NO4/c1-21-13-19(25-18-6-4-3-5-7-18)12-16(21)14-24-17-10-8-15(9-11-17)20(22)23-2/h15-19H,3-14H2,1-2H3/t15-,16-,17-,19-/m0/s1. The predicted octanol–water partition coefficient (Wildman–Crippen LogP) is 3.16. The van der Waals surface area contributed by atoms with Gasteiger partial charge in [-0.3, -0.25) is 9.69 Å². The van der Waals surface area contributed by atoms with E-state index in [1.165, 1.54) is 39.2 Å². The van der Waals surface area contributed by atoms with Gasteiger partial charge in [-0.1, -0.05) is 19.3 Å². The normalized spacial score (nSPS) is 35.0. The molecular formula is C20H35NO4. The lowest BCUT2D eigenvalue weighted by Gasteiger charge is -2.29. The van der Waals surface area contributed by atoms with E-state index in [-0.39, 0.29) is 11.9 Å². The molecule has 3 rings (SSSR count). The van der Waals surface area contributed by atoms with Crippen molar-refractivity contribution in [3.63, 3.8) is 0 Å². The first-order valence-electron chi connectivity index (χ1n) is 10.2. The quantitative estimate of drug-likeness (QED) is 0.687. The van der Waals surface area contributed by atoms with Crippen LogP contribution in [0.5, 0.6) is 0 Å². The van der Waals surface area contributed by atoms with Gasteiger partial charge in [-0.15, -0.1) is 0 Å². The molecule has 0 amide bonds. The van der Waals surface area contributed by atoms with E-state index in [2.05, 4.69) is 11.9 Å². The Labute approximate surface area is 152 Å². The van der Waals surface area contributed by atoms with Crippen LogP contribution in [0.15, 0.2) is 0 Å². The van der Waals surface area contributed by atoms with E-state index in [0.29, 0.717) is 24.4 Å². The molecule has 0 bridgehead atoms. The molecule has 3 fully saturated rings. The van der Waals surface area contributed by atoms with Gasteiger partial charge in [0.1, 0.15) is 0 Å². The molecule has 0 aromatic carbocycles. The summed E-state index contributed by atoms with van der Waals surface area (Å²) in [6.45, 7) is 1.81. The van der Waals surface area contributed by atoms with Crippen molar-refractivity contribution in [2.75, 3.05) is 27.3 Å². The van der Waals surface area contributed by atoms with E-state index >= 15 is 0 Å². The van der Waals surface area contributed by atoms with Gasteiger partial charge < -0.3 is 14.2 Å². The fraction of sp³-hybridized carbons (Fsp3) is 0.950. The molecule has 3 aliphatic rings. The second-order valence-electron chi connectivity index (χ2n) is 8.18. The van der Waals surface area contributed by atoms with Crippen molar-refractivity contribution in [1.29, 1.82) is 0 Å². The first-order valence-corrected chi connectivity index (χ1v) is 10.2. The lowest BCUT2D eigenvalue weighted by atomic mass is 9.87. The fourth-order valence-electron chi connectivity index (χ4n) is 4.67. The lowest BCUT2D eigenvalue weighted by molar-refractivity contribution is -0.147. The summed E-state index contributed by atoms with van der Waals surface area (Å²) in [6, 6.07) is 0.465. The van der Waals surface area contributed by atoms with Gasteiger partial charge in [0.25, 0.3) is 0 Å². The maximum atomic E-state index is 11.6. The van der Waals surface area contributed by atoms with Gasteiger partial charge in [0.05, 0.1) is 37.9 Å². The summed E-state index contributed by atoms with van der Waals surface area (Å²) >= 11 is 0. The number of methoxy groups -OCH3 is 1. The Hall–Kier alpha value is -0.650. The highest BCUT2D eigenvalue weighted by atomic mass is 16.5. The van der Waals surface area contributed by atoms with Crippen molar-refractivity contribution in [3.05, 3.63) is 0 Å². The molecule has 5 nitrogen and oxygen atoms in total. The first kappa shape index (κ1) is 19.1. The molecule has 0 spiro atoms. The Bertz CT molecular complexity index is 416. The second-order valence-corrected chi connectivity index (χ2v) is 8.18. The number of hydrogen-bond donors (Lipinski definition) is 0. The molecule has 0 radical (unpaired) electrons. The SMILES string of the molecule is COC(=O)[C@H]1CC[C@H](OC[C@@H]2C[C@H](OC3CCCCC3)CN2C)CC1. The fourth-order valence-corrected chi connectivity index (χ4v) is 4.67. The summed E-state index contributed by atoms with van der Waals surface area (Å²) in [4.78, 5) is 14.0. The van der Waals surface area contributed by atoms with Crippen LogP contribution in [0.3, 0.4) is 0 Å². The molecule has 2 saturated carbocycles. The van der Waals surface area contributed by atoms with Crippen molar-refractivity contribution < 1.29 is 19.0 Å². The number of esters is 1. The Morgan fingerprint density at radius 3 is 2.36 bits per heavy atom. The molecule has 0 aromatic heterocycles. The zero-order valence-corrected chi connectivity index (χ0v) is 16.0. The minimum atomic E-state index is -0.0586. The molecule has 1 heterocycles. The third kappa shape index (κ3) is 5.41. The number of hydrogen-bond acceptors (Lipinski definition) is 5. The number of carbonyl (C=O) groups excluding carboxylic acids is 1. The van der Waals surface area contributed by atoms with Crippen molar-refractivity contribution >= 4 is 5.97 Å². The zero-order chi connectivity index (χ0) is 17.6. The van der Waals surface area contributed by atoms with Crippen LogP contribution in [0.2, 0.25) is 0 Å². The lowest BCUT2D eigenvalue weighted by Crippen LogP contribution is -2.33. The molecule has 0 N–H and O–H groups in total. The van der Waals surface area contributed by atoms with Crippen LogP contribution in [0, 0.1) is 5.92 Å². The largest absolute Gasteiger partial charge is 0.469 e. The van der Waals surface area contributed by atoms with Gasteiger partial charge in [0, 0.05) is 12.6 Å². The van der Waals surface area contributed by atoms with E-state index in [0.717, 1.165) is 45.3 Å². The number of carbonyl (C=O) groups is 1. The topological polar surface area (TPSA) is 48.0 Å². The van der Waals surface area contributed by atoms with Crippen LogP contribution >= 0.6 is 0 Å². The van der Waals surface area contributed by atoms with Crippen LogP contribution in [0.4, 0.5) is 0 Å². The molecule has 1 aliphatic heterocycles. The van der Waals surface area contributed by atoms with Gasteiger partial charge in [0.2, 0.25) is 0 Å². The number of rotatable bonds is 6. The van der Waals surface area contributed by atoms with Crippen molar-refractivity contribution in [1.82, 2.24) is 4.90 Å². The Balaban J connectivity index is 1.35. The minimum absolute atomic E-state index is 0.0586. The Kier molecular flexibility index (Phi) is 7.14. The van der Waals surface area contributed by atoms with Crippen molar-refractivity contribution in [2.45, 2.75) is 88.6 Å². The summed E-state index contributed by atoms with van der Waals surface area (Å²) in [5.41, 5.74) is 0. The number of ether oxygens (including phenoxy) is 3. The summed E-state index contributed by atoms with van der Waals surface area (Å²) in [6.07, 6.45) is 12.5.